The lowest BCUT2D eigenvalue weighted by Crippen LogP contribution is -2.16. The van der Waals surface area contributed by atoms with Gasteiger partial charge in [0.25, 0.3) is 0 Å². The lowest BCUT2D eigenvalue weighted by Gasteiger charge is -2.21. The number of benzene rings is 2. The quantitative estimate of drug-likeness (QED) is 0.922. The minimum atomic E-state index is -0.894. The van der Waals surface area contributed by atoms with Crippen molar-refractivity contribution in [3.8, 4) is 11.1 Å². The topological polar surface area (TPSA) is 40.5 Å². The van der Waals surface area contributed by atoms with Crippen molar-refractivity contribution in [3.05, 3.63) is 59.2 Å². The van der Waals surface area contributed by atoms with Crippen molar-refractivity contribution in [1.29, 1.82) is 0 Å². The molecule has 0 aliphatic carbocycles. The summed E-state index contributed by atoms with van der Waals surface area (Å²) in [5, 5.41) is 9.16. The fourth-order valence-electron chi connectivity index (χ4n) is 2.33. The third kappa shape index (κ3) is 3.31. The predicted octanol–water partition coefficient (Wildman–Crippen LogP) is 3.98. The average Bonchev–Trinajstić information content (AvgIpc) is 2.46. The highest BCUT2D eigenvalue weighted by Crippen LogP contribution is 2.28. The predicted molar refractivity (Wildman–Crippen MR) is 85.7 cm³/mol. The number of hydrogen-bond donors (Lipinski definition) is 1. The average molecular weight is 283 g/mol. The Hall–Kier alpha value is -2.13. The number of nitrogens with zero attached hydrogens (tertiary/aromatic N) is 1. The molecule has 0 aliphatic rings. The Kier molecular flexibility index (Phi) is 4.43. The van der Waals surface area contributed by atoms with Crippen LogP contribution in [0.4, 0.5) is 0 Å². The summed E-state index contributed by atoms with van der Waals surface area (Å²) >= 11 is 0. The molecule has 2 aromatic carbocycles. The molecule has 1 atom stereocenters. The number of aryl methyl sites for hydroxylation is 1. The molecular formula is C18H21NO2. The van der Waals surface area contributed by atoms with Gasteiger partial charge in [0, 0.05) is 6.04 Å². The van der Waals surface area contributed by atoms with Crippen LogP contribution >= 0.6 is 0 Å². The molecule has 0 radical (unpaired) electrons. The number of aromatic carboxylic acids is 1. The van der Waals surface area contributed by atoms with E-state index in [0.29, 0.717) is 11.6 Å². The highest BCUT2D eigenvalue weighted by atomic mass is 16.4. The molecule has 21 heavy (non-hydrogen) atoms. The van der Waals surface area contributed by atoms with Gasteiger partial charge in [-0.1, -0.05) is 24.3 Å². The molecule has 0 fully saturated rings. The van der Waals surface area contributed by atoms with E-state index in [1.807, 2.05) is 39.2 Å². The molecule has 3 nitrogen and oxygen atoms in total. The third-order valence-corrected chi connectivity index (χ3v) is 3.94. The zero-order valence-corrected chi connectivity index (χ0v) is 12.9. The van der Waals surface area contributed by atoms with Gasteiger partial charge in [0.15, 0.2) is 0 Å². The normalized spacial score (nSPS) is 12.4. The van der Waals surface area contributed by atoms with Gasteiger partial charge in [0.1, 0.15) is 0 Å². The van der Waals surface area contributed by atoms with Crippen LogP contribution in [0.25, 0.3) is 11.1 Å². The first-order chi connectivity index (χ1) is 9.90. The molecule has 0 amide bonds. The Labute approximate surface area is 125 Å². The number of carbonyl (C=O) groups is 1. The Balaban J connectivity index is 2.49. The van der Waals surface area contributed by atoms with Crippen molar-refractivity contribution in [3.63, 3.8) is 0 Å². The summed E-state index contributed by atoms with van der Waals surface area (Å²) in [4.78, 5) is 13.3. The van der Waals surface area contributed by atoms with E-state index in [1.165, 1.54) is 5.56 Å². The van der Waals surface area contributed by atoms with E-state index in [9.17, 15) is 4.79 Å². The van der Waals surface area contributed by atoms with E-state index in [0.717, 1.165) is 16.7 Å². The van der Waals surface area contributed by atoms with E-state index in [2.05, 4.69) is 24.0 Å². The van der Waals surface area contributed by atoms with Gasteiger partial charge in [-0.2, -0.15) is 0 Å². The van der Waals surface area contributed by atoms with Crippen LogP contribution in [0.3, 0.4) is 0 Å². The Morgan fingerprint density at radius 3 is 2.48 bits per heavy atom. The van der Waals surface area contributed by atoms with Crippen LogP contribution in [0, 0.1) is 6.92 Å². The summed E-state index contributed by atoms with van der Waals surface area (Å²) < 4.78 is 0. The monoisotopic (exact) mass is 283 g/mol. The van der Waals surface area contributed by atoms with Crippen LogP contribution in [0.15, 0.2) is 42.5 Å². The molecule has 2 aromatic rings. The van der Waals surface area contributed by atoms with Crippen molar-refractivity contribution < 1.29 is 9.90 Å². The Morgan fingerprint density at radius 2 is 1.86 bits per heavy atom. The summed E-state index contributed by atoms with van der Waals surface area (Å²) in [6.07, 6.45) is 0. The van der Waals surface area contributed by atoms with E-state index < -0.39 is 5.97 Å². The van der Waals surface area contributed by atoms with E-state index in [4.69, 9.17) is 5.11 Å². The van der Waals surface area contributed by atoms with Crippen LogP contribution < -0.4 is 0 Å². The zero-order valence-electron chi connectivity index (χ0n) is 12.9. The molecule has 2 rings (SSSR count). The zero-order chi connectivity index (χ0) is 15.6. The molecular weight excluding hydrogens is 262 g/mol. The second kappa shape index (κ2) is 6.10. The van der Waals surface area contributed by atoms with Crippen molar-refractivity contribution >= 4 is 5.97 Å². The lowest BCUT2D eigenvalue weighted by atomic mass is 9.95. The van der Waals surface area contributed by atoms with Crippen LogP contribution in [0.2, 0.25) is 0 Å². The smallest absolute Gasteiger partial charge is 0.335 e. The van der Waals surface area contributed by atoms with Gasteiger partial charge in [-0.3, -0.25) is 0 Å². The standard InChI is InChI=1S/C18H21NO2/c1-12-8-9-16(18(20)21)11-17(12)15-7-5-6-14(10-15)13(2)19(3)4/h5-11,13H,1-4H3,(H,20,21). The van der Waals surface area contributed by atoms with Crippen LogP contribution in [-0.2, 0) is 0 Å². The first kappa shape index (κ1) is 15.3. The molecule has 110 valence electrons. The second-order valence-electron chi connectivity index (χ2n) is 5.60. The molecule has 1 N–H and O–H groups in total. The summed E-state index contributed by atoms with van der Waals surface area (Å²) in [5.74, 6) is -0.894. The summed E-state index contributed by atoms with van der Waals surface area (Å²) in [6, 6.07) is 13.9. The van der Waals surface area contributed by atoms with E-state index in [1.54, 1.807) is 12.1 Å². The highest BCUT2D eigenvalue weighted by molar-refractivity contribution is 5.90. The molecule has 0 heterocycles. The van der Waals surface area contributed by atoms with Gasteiger partial charge in [0.2, 0.25) is 0 Å². The fraction of sp³-hybridized carbons (Fsp3) is 0.278. The molecule has 0 saturated heterocycles. The molecule has 0 spiro atoms. The minimum Gasteiger partial charge on any atom is -0.478 e. The lowest BCUT2D eigenvalue weighted by molar-refractivity contribution is 0.0697. The second-order valence-corrected chi connectivity index (χ2v) is 5.60. The molecule has 0 aromatic heterocycles. The summed E-state index contributed by atoms with van der Waals surface area (Å²) in [5.41, 5.74) is 4.65. The maximum atomic E-state index is 11.2. The third-order valence-electron chi connectivity index (χ3n) is 3.94. The van der Waals surface area contributed by atoms with Crippen LogP contribution in [0.5, 0.6) is 0 Å². The Morgan fingerprint density at radius 1 is 1.14 bits per heavy atom. The maximum Gasteiger partial charge on any atom is 0.335 e. The maximum absolute atomic E-state index is 11.2. The number of carboxylic acid groups (broad SMARTS) is 1. The van der Waals surface area contributed by atoms with Crippen LogP contribution in [0.1, 0.15) is 34.5 Å². The number of carboxylic acids is 1. The van der Waals surface area contributed by atoms with Gasteiger partial charge in [0.05, 0.1) is 5.56 Å². The first-order valence-corrected chi connectivity index (χ1v) is 7.01. The minimum absolute atomic E-state index is 0.313. The van der Waals surface area contributed by atoms with Gasteiger partial charge in [-0.25, -0.2) is 4.79 Å². The molecule has 0 saturated carbocycles. The molecule has 1 unspecified atom stereocenters. The van der Waals surface area contributed by atoms with Gasteiger partial charge in [-0.15, -0.1) is 0 Å². The SMILES string of the molecule is Cc1ccc(C(=O)O)cc1-c1cccc(C(C)N(C)C)c1. The van der Waals surface area contributed by atoms with E-state index in [-0.39, 0.29) is 0 Å². The van der Waals surface area contributed by atoms with E-state index >= 15 is 0 Å². The fourth-order valence-corrected chi connectivity index (χ4v) is 2.33. The van der Waals surface area contributed by atoms with Crippen molar-refractivity contribution in [2.45, 2.75) is 19.9 Å². The Bertz CT molecular complexity index is 662. The molecule has 0 bridgehead atoms. The summed E-state index contributed by atoms with van der Waals surface area (Å²) in [6.45, 7) is 4.16. The van der Waals surface area contributed by atoms with Gasteiger partial charge in [-0.05, 0) is 68.4 Å². The van der Waals surface area contributed by atoms with Crippen molar-refractivity contribution in [2.24, 2.45) is 0 Å². The highest BCUT2D eigenvalue weighted by Gasteiger charge is 2.11. The van der Waals surface area contributed by atoms with Crippen molar-refractivity contribution in [1.82, 2.24) is 4.90 Å². The van der Waals surface area contributed by atoms with Gasteiger partial charge >= 0.3 is 5.97 Å². The molecule has 0 aliphatic heterocycles. The molecule has 3 heteroatoms. The number of rotatable bonds is 4. The first-order valence-electron chi connectivity index (χ1n) is 7.01. The summed E-state index contributed by atoms with van der Waals surface area (Å²) in [7, 11) is 4.10. The van der Waals surface area contributed by atoms with Crippen molar-refractivity contribution in [2.75, 3.05) is 14.1 Å². The van der Waals surface area contributed by atoms with Gasteiger partial charge < -0.3 is 10.0 Å². The number of hydrogen-bond acceptors (Lipinski definition) is 2. The largest absolute Gasteiger partial charge is 0.478 e. The van der Waals surface area contributed by atoms with Crippen LogP contribution in [-0.4, -0.2) is 30.1 Å².